The van der Waals surface area contributed by atoms with Crippen LogP contribution in [-0.2, 0) is 9.53 Å². The Hall–Kier alpha value is -0.370. The molecular weight excluding hydrogens is 212 g/mol. The summed E-state index contributed by atoms with van der Waals surface area (Å²) < 4.78 is 6.30. The predicted molar refractivity (Wildman–Crippen MR) is 68.9 cm³/mol. The smallest absolute Gasteiger partial charge is 0.141 e. The maximum absolute atomic E-state index is 12.1. The van der Waals surface area contributed by atoms with Crippen LogP contribution in [0.15, 0.2) is 0 Å². The minimum Gasteiger partial charge on any atom is -0.373 e. The Kier molecular flexibility index (Phi) is 3.37. The number of ketones is 1. The van der Waals surface area contributed by atoms with Crippen molar-refractivity contribution in [3.8, 4) is 0 Å². The fourth-order valence-corrected chi connectivity index (χ4v) is 3.85. The summed E-state index contributed by atoms with van der Waals surface area (Å²) in [7, 11) is 0. The molecule has 0 N–H and O–H groups in total. The Labute approximate surface area is 105 Å². The molecule has 2 rings (SSSR count). The third-order valence-electron chi connectivity index (χ3n) is 5.23. The summed E-state index contributed by atoms with van der Waals surface area (Å²) in [5, 5.41) is 0. The molecule has 0 amide bonds. The first-order valence-corrected chi connectivity index (χ1v) is 7.15. The van der Waals surface area contributed by atoms with E-state index in [1.54, 1.807) is 0 Å². The summed E-state index contributed by atoms with van der Waals surface area (Å²) in [4.78, 5) is 12.1. The number of carbonyl (C=O) groups excluding carboxylic acids is 1. The molecule has 0 radical (unpaired) electrons. The van der Waals surface area contributed by atoms with Crippen molar-refractivity contribution in [2.45, 2.75) is 78.4 Å². The minimum absolute atomic E-state index is 0.139. The van der Waals surface area contributed by atoms with Crippen molar-refractivity contribution >= 4 is 5.78 Å². The highest BCUT2D eigenvalue weighted by Crippen LogP contribution is 2.54. The van der Waals surface area contributed by atoms with Gasteiger partial charge in [0.25, 0.3) is 0 Å². The first-order chi connectivity index (χ1) is 7.96. The van der Waals surface area contributed by atoms with Gasteiger partial charge in [-0.25, -0.2) is 0 Å². The molecule has 2 unspecified atom stereocenters. The van der Waals surface area contributed by atoms with Crippen LogP contribution in [0.3, 0.4) is 0 Å². The highest BCUT2D eigenvalue weighted by molar-refractivity contribution is 5.85. The first kappa shape index (κ1) is 13.1. The maximum Gasteiger partial charge on any atom is 0.141 e. The maximum atomic E-state index is 12.1. The van der Waals surface area contributed by atoms with Gasteiger partial charge in [-0.3, -0.25) is 4.79 Å². The second-order valence-corrected chi connectivity index (χ2v) is 6.45. The number of rotatable bonds is 2. The molecule has 1 saturated heterocycles. The van der Waals surface area contributed by atoms with Crippen molar-refractivity contribution in [1.29, 1.82) is 0 Å². The third-order valence-corrected chi connectivity index (χ3v) is 5.23. The Balaban J connectivity index is 2.30. The van der Waals surface area contributed by atoms with E-state index in [4.69, 9.17) is 4.74 Å². The van der Waals surface area contributed by atoms with Gasteiger partial charge in [0.05, 0.1) is 17.6 Å². The molecule has 0 aromatic rings. The highest BCUT2D eigenvalue weighted by atomic mass is 16.5. The van der Waals surface area contributed by atoms with Crippen LogP contribution in [0.25, 0.3) is 0 Å². The fourth-order valence-electron chi connectivity index (χ4n) is 3.85. The van der Waals surface area contributed by atoms with Crippen LogP contribution in [0, 0.1) is 10.8 Å². The zero-order valence-corrected chi connectivity index (χ0v) is 11.7. The van der Waals surface area contributed by atoms with E-state index < -0.39 is 0 Å². The van der Waals surface area contributed by atoms with Gasteiger partial charge < -0.3 is 4.74 Å². The largest absolute Gasteiger partial charge is 0.373 e. The van der Waals surface area contributed by atoms with E-state index >= 15 is 0 Å². The normalized spacial score (nSPS) is 41.1. The lowest BCUT2D eigenvalue weighted by atomic mass is 9.56. The zero-order chi connectivity index (χ0) is 12.7. The molecule has 2 nitrogen and oxygen atoms in total. The number of hydrogen-bond donors (Lipinski definition) is 0. The quantitative estimate of drug-likeness (QED) is 0.732. The van der Waals surface area contributed by atoms with E-state index in [0.29, 0.717) is 11.9 Å². The number of ether oxygens (including phenoxy) is 1. The Morgan fingerprint density at radius 1 is 1.29 bits per heavy atom. The van der Waals surface area contributed by atoms with Crippen molar-refractivity contribution in [3.05, 3.63) is 0 Å². The molecule has 1 saturated carbocycles. The predicted octanol–water partition coefficient (Wildman–Crippen LogP) is 3.73. The van der Waals surface area contributed by atoms with Crippen LogP contribution in [0.5, 0.6) is 0 Å². The average molecular weight is 238 g/mol. The van der Waals surface area contributed by atoms with Crippen molar-refractivity contribution in [3.63, 3.8) is 0 Å². The van der Waals surface area contributed by atoms with E-state index in [2.05, 4.69) is 27.7 Å². The number of carbonyl (C=O) groups is 1. The van der Waals surface area contributed by atoms with Gasteiger partial charge in [0.1, 0.15) is 5.78 Å². The third kappa shape index (κ3) is 1.95. The monoisotopic (exact) mass is 238 g/mol. The zero-order valence-electron chi connectivity index (χ0n) is 11.7. The van der Waals surface area contributed by atoms with Crippen molar-refractivity contribution in [2.24, 2.45) is 10.8 Å². The van der Waals surface area contributed by atoms with E-state index in [9.17, 15) is 4.79 Å². The molecule has 1 aliphatic heterocycles. The number of fused-ring (bicyclic) bond motifs is 1. The average Bonchev–Trinajstić information content (AvgIpc) is 2.34. The van der Waals surface area contributed by atoms with Crippen molar-refractivity contribution in [1.82, 2.24) is 0 Å². The summed E-state index contributed by atoms with van der Waals surface area (Å²) in [6, 6.07) is 0. The first-order valence-electron chi connectivity index (χ1n) is 7.15. The van der Waals surface area contributed by atoms with Gasteiger partial charge in [0, 0.05) is 6.42 Å². The van der Waals surface area contributed by atoms with Gasteiger partial charge in [-0.15, -0.1) is 0 Å². The van der Waals surface area contributed by atoms with Crippen LogP contribution < -0.4 is 0 Å². The minimum atomic E-state index is -0.290. The SMILES string of the molecule is CC[C@@H]1CCC2(CC)CCC(=O)C(C)(C)C2O1. The van der Waals surface area contributed by atoms with Gasteiger partial charge >= 0.3 is 0 Å². The highest BCUT2D eigenvalue weighted by Gasteiger charge is 2.55. The van der Waals surface area contributed by atoms with E-state index in [1.807, 2.05) is 0 Å². The molecule has 1 heterocycles. The Bertz CT molecular complexity index is 308. The van der Waals surface area contributed by atoms with Crippen LogP contribution in [-0.4, -0.2) is 18.0 Å². The lowest BCUT2D eigenvalue weighted by Crippen LogP contribution is -2.57. The second kappa shape index (κ2) is 4.38. The van der Waals surface area contributed by atoms with Crippen molar-refractivity contribution in [2.75, 3.05) is 0 Å². The molecule has 0 aromatic heterocycles. The number of Topliss-reactive ketones (excluding diaryl/α,β-unsaturated/α-hetero) is 1. The van der Waals surface area contributed by atoms with E-state index in [0.717, 1.165) is 25.7 Å². The summed E-state index contributed by atoms with van der Waals surface area (Å²) in [5.74, 6) is 0.392. The second-order valence-electron chi connectivity index (χ2n) is 6.45. The Morgan fingerprint density at radius 3 is 2.59 bits per heavy atom. The lowest BCUT2D eigenvalue weighted by molar-refractivity contribution is -0.198. The fraction of sp³-hybridized carbons (Fsp3) is 0.933. The molecule has 98 valence electrons. The molecular formula is C15H26O2. The van der Waals surface area contributed by atoms with Gasteiger partial charge in [0.2, 0.25) is 0 Å². The topological polar surface area (TPSA) is 26.3 Å². The number of hydrogen-bond acceptors (Lipinski definition) is 2. The van der Waals surface area contributed by atoms with Gasteiger partial charge in [-0.1, -0.05) is 27.7 Å². The standard InChI is InChI=1S/C15H26O2/c1-5-11-7-9-15(6-2)10-8-12(16)14(3,4)13(15)17-11/h11,13H,5-10H2,1-4H3/t11-,13?,15?/m1/s1. The molecule has 2 fully saturated rings. The molecule has 0 aromatic carbocycles. The van der Waals surface area contributed by atoms with Crippen LogP contribution in [0.4, 0.5) is 0 Å². The summed E-state index contributed by atoms with van der Waals surface area (Å²) in [6.07, 6.45) is 6.91. The van der Waals surface area contributed by atoms with Gasteiger partial charge in [-0.05, 0) is 37.5 Å². The molecule has 2 heteroatoms. The summed E-state index contributed by atoms with van der Waals surface area (Å²) in [5.41, 5.74) is -0.0226. The molecule has 1 aliphatic carbocycles. The molecule has 0 spiro atoms. The molecule has 3 atom stereocenters. The molecule has 0 bridgehead atoms. The van der Waals surface area contributed by atoms with Crippen LogP contribution in [0.2, 0.25) is 0 Å². The lowest BCUT2D eigenvalue weighted by Gasteiger charge is -2.55. The molecule has 2 aliphatic rings. The molecule has 17 heavy (non-hydrogen) atoms. The summed E-state index contributed by atoms with van der Waals surface area (Å²) in [6.45, 7) is 8.61. The van der Waals surface area contributed by atoms with E-state index in [1.165, 1.54) is 12.8 Å². The summed E-state index contributed by atoms with van der Waals surface area (Å²) >= 11 is 0. The van der Waals surface area contributed by atoms with E-state index in [-0.39, 0.29) is 16.9 Å². The van der Waals surface area contributed by atoms with Crippen molar-refractivity contribution < 1.29 is 9.53 Å². The van der Waals surface area contributed by atoms with Crippen LogP contribution >= 0.6 is 0 Å². The van der Waals surface area contributed by atoms with Gasteiger partial charge in [-0.2, -0.15) is 0 Å². The van der Waals surface area contributed by atoms with Crippen LogP contribution in [0.1, 0.15) is 66.2 Å². The van der Waals surface area contributed by atoms with Gasteiger partial charge in [0.15, 0.2) is 0 Å². The Morgan fingerprint density at radius 2 is 2.00 bits per heavy atom.